The second-order valence-electron chi connectivity index (χ2n) is 26.3. The van der Waals surface area contributed by atoms with E-state index in [1.54, 1.807) is 0 Å². The zero-order valence-corrected chi connectivity index (χ0v) is 56.3. The zero-order valence-electron chi connectivity index (χ0n) is 56.3. The number of hydrogen-bond acceptors (Lipinski definition) is 6. The van der Waals surface area contributed by atoms with Gasteiger partial charge in [0.15, 0.2) is 6.10 Å². The molecule has 0 heterocycles. The molecule has 0 aromatic rings. The van der Waals surface area contributed by atoms with Crippen LogP contribution in [0, 0.1) is 0 Å². The van der Waals surface area contributed by atoms with Crippen LogP contribution in [-0.2, 0) is 28.6 Å². The van der Waals surface area contributed by atoms with Gasteiger partial charge in [0.2, 0.25) is 0 Å². The summed E-state index contributed by atoms with van der Waals surface area (Å²) in [4.78, 5) is 38.5. The first kappa shape index (κ1) is 80.4. The normalized spacial score (nSPS) is 11.9. The third-order valence-electron chi connectivity index (χ3n) is 17.9. The Balaban J connectivity index is 4.21. The van der Waals surface area contributed by atoms with Crippen molar-refractivity contribution in [1.82, 2.24) is 0 Å². The second-order valence-corrected chi connectivity index (χ2v) is 26.3. The fourth-order valence-electron chi connectivity index (χ4n) is 12.2. The maximum absolute atomic E-state index is 13.0. The number of unbranched alkanes of at least 4 members (excludes halogenated alkanes) is 61. The fraction of sp³-hybridized carbons (Fsp3) is 0.961. The molecule has 1 atom stereocenters. The van der Waals surface area contributed by atoms with Crippen LogP contribution in [0.25, 0.3) is 0 Å². The first-order valence-corrected chi connectivity index (χ1v) is 38.0. The van der Waals surface area contributed by atoms with Crippen LogP contribution in [0.2, 0.25) is 0 Å². The lowest BCUT2D eigenvalue weighted by Crippen LogP contribution is -2.30. The van der Waals surface area contributed by atoms with E-state index < -0.39 is 6.10 Å². The van der Waals surface area contributed by atoms with Crippen molar-refractivity contribution in [3.63, 3.8) is 0 Å². The largest absolute Gasteiger partial charge is 0.462 e. The molecule has 0 fully saturated rings. The molecular weight excluding hydrogens is 1010 g/mol. The van der Waals surface area contributed by atoms with Gasteiger partial charge in [0.05, 0.1) is 0 Å². The van der Waals surface area contributed by atoms with Gasteiger partial charge in [-0.1, -0.05) is 412 Å². The summed E-state index contributed by atoms with van der Waals surface area (Å²) in [5.74, 6) is -0.814. The first-order chi connectivity index (χ1) is 40.5. The van der Waals surface area contributed by atoms with Gasteiger partial charge in [-0.05, 0) is 19.3 Å². The van der Waals surface area contributed by atoms with Crippen LogP contribution in [0.5, 0.6) is 0 Å². The third-order valence-corrected chi connectivity index (χ3v) is 17.9. The highest BCUT2D eigenvalue weighted by atomic mass is 16.6. The molecular formula is C76H148O6. The standard InChI is InChI=1S/C76H148O6/c1-4-7-10-13-16-19-22-25-28-31-34-35-36-37-38-39-40-41-43-45-48-51-54-57-60-63-66-69-75(78)81-72-73(71-80-74(77)68-65-62-59-56-53-50-47-44-33-30-27-24-21-18-15-12-9-6-3)82-76(79)70-67-64-61-58-55-52-49-46-42-32-29-26-23-20-17-14-11-8-5-2/h73H,4-72H2,1-3H3. The van der Waals surface area contributed by atoms with E-state index in [0.29, 0.717) is 19.3 Å². The molecule has 488 valence electrons. The van der Waals surface area contributed by atoms with E-state index in [-0.39, 0.29) is 31.1 Å². The van der Waals surface area contributed by atoms with E-state index >= 15 is 0 Å². The highest BCUT2D eigenvalue weighted by Gasteiger charge is 2.20. The Morgan fingerprint density at radius 2 is 0.329 bits per heavy atom. The molecule has 6 nitrogen and oxygen atoms in total. The molecule has 0 aliphatic heterocycles. The Kier molecular flexibility index (Phi) is 70.5. The molecule has 0 saturated heterocycles. The molecule has 1 unspecified atom stereocenters. The minimum Gasteiger partial charge on any atom is -0.462 e. The molecule has 0 amide bonds. The average Bonchev–Trinajstić information content (AvgIpc) is 3.47. The molecule has 0 bridgehead atoms. The smallest absolute Gasteiger partial charge is 0.306 e. The average molecular weight is 1160 g/mol. The van der Waals surface area contributed by atoms with Crippen LogP contribution in [-0.4, -0.2) is 37.2 Å². The molecule has 0 spiro atoms. The summed E-state index contributed by atoms with van der Waals surface area (Å²) in [6.45, 7) is 6.76. The maximum atomic E-state index is 13.0. The minimum absolute atomic E-state index is 0.0598. The van der Waals surface area contributed by atoms with E-state index in [9.17, 15) is 14.4 Å². The van der Waals surface area contributed by atoms with Gasteiger partial charge in [0, 0.05) is 19.3 Å². The van der Waals surface area contributed by atoms with E-state index in [2.05, 4.69) is 20.8 Å². The van der Waals surface area contributed by atoms with Gasteiger partial charge >= 0.3 is 17.9 Å². The number of carbonyl (C=O) groups excluding carboxylic acids is 3. The van der Waals surface area contributed by atoms with Crippen LogP contribution in [0.3, 0.4) is 0 Å². The molecule has 0 aromatic heterocycles. The Bertz CT molecular complexity index is 1240. The Labute approximate surface area is 514 Å². The summed E-state index contributed by atoms with van der Waals surface area (Å²) >= 11 is 0. The number of esters is 3. The van der Waals surface area contributed by atoms with E-state index in [4.69, 9.17) is 14.2 Å². The molecule has 6 heteroatoms. The zero-order chi connectivity index (χ0) is 59.2. The van der Waals surface area contributed by atoms with Crippen molar-refractivity contribution in [2.24, 2.45) is 0 Å². The minimum atomic E-state index is -0.764. The lowest BCUT2D eigenvalue weighted by atomic mass is 10.0. The van der Waals surface area contributed by atoms with Crippen molar-refractivity contribution in [3.8, 4) is 0 Å². The number of carbonyl (C=O) groups is 3. The van der Waals surface area contributed by atoms with E-state index in [0.717, 1.165) is 57.8 Å². The summed E-state index contributed by atoms with van der Waals surface area (Å²) in [5.41, 5.74) is 0. The number of hydrogen-bond donors (Lipinski definition) is 0. The van der Waals surface area contributed by atoms with E-state index in [1.807, 2.05) is 0 Å². The molecule has 0 rings (SSSR count). The van der Waals surface area contributed by atoms with Crippen LogP contribution in [0.4, 0.5) is 0 Å². The van der Waals surface area contributed by atoms with Gasteiger partial charge in [-0.2, -0.15) is 0 Å². The number of ether oxygens (including phenoxy) is 3. The van der Waals surface area contributed by atoms with Crippen molar-refractivity contribution in [2.45, 2.75) is 457 Å². The summed E-state index contributed by atoms with van der Waals surface area (Å²) in [5, 5.41) is 0. The topological polar surface area (TPSA) is 78.9 Å². The quantitative estimate of drug-likeness (QED) is 0.0343. The number of rotatable bonds is 72. The summed E-state index contributed by atoms with van der Waals surface area (Å²) in [7, 11) is 0. The molecule has 0 saturated carbocycles. The van der Waals surface area contributed by atoms with Crippen molar-refractivity contribution in [3.05, 3.63) is 0 Å². The van der Waals surface area contributed by atoms with Crippen molar-refractivity contribution in [2.75, 3.05) is 13.2 Å². The van der Waals surface area contributed by atoms with Crippen molar-refractivity contribution >= 4 is 17.9 Å². The monoisotopic (exact) mass is 1160 g/mol. The Morgan fingerprint density at radius 3 is 0.488 bits per heavy atom. The summed E-state index contributed by atoms with van der Waals surface area (Å²) < 4.78 is 17.1. The Hall–Kier alpha value is -1.59. The molecule has 0 aliphatic carbocycles. The second kappa shape index (κ2) is 71.9. The van der Waals surface area contributed by atoms with Crippen molar-refractivity contribution in [1.29, 1.82) is 0 Å². The SMILES string of the molecule is CCCCCCCCCCCCCCCCCCCCCCCCCCCCCC(=O)OCC(COC(=O)CCCCCCCCCCCCCCCCCCCC)OC(=O)CCCCCCCCCCCCCCCCCCCCC. The predicted molar refractivity (Wildman–Crippen MR) is 358 cm³/mol. The first-order valence-electron chi connectivity index (χ1n) is 38.0. The molecule has 0 N–H and O–H groups in total. The lowest BCUT2D eigenvalue weighted by molar-refractivity contribution is -0.167. The van der Waals surface area contributed by atoms with Gasteiger partial charge in [-0.15, -0.1) is 0 Å². The highest BCUT2D eigenvalue weighted by Crippen LogP contribution is 2.20. The maximum Gasteiger partial charge on any atom is 0.306 e. The van der Waals surface area contributed by atoms with Crippen LogP contribution < -0.4 is 0 Å². The predicted octanol–water partition coefficient (Wildman–Crippen LogP) is 26.2. The summed E-state index contributed by atoms with van der Waals surface area (Å²) in [6.07, 6.45) is 85.8. The van der Waals surface area contributed by atoms with Crippen LogP contribution in [0.1, 0.15) is 451 Å². The summed E-state index contributed by atoms with van der Waals surface area (Å²) in [6, 6.07) is 0. The highest BCUT2D eigenvalue weighted by molar-refractivity contribution is 5.71. The third kappa shape index (κ3) is 69.2. The Morgan fingerprint density at radius 1 is 0.195 bits per heavy atom. The van der Waals surface area contributed by atoms with Crippen LogP contribution >= 0.6 is 0 Å². The van der Waals surface area contributed by atoms with E-state index in [1.165, 1.54) is 353 Å². The van der Waals surface area contributed by atoms with Gasteiger partial charge in [-0.25, -0.2) is 0 Å². The van der Waals surface area contributed by atoms with Crippen LogP contribution in [0.15, 0.2) is 0 Å². The molecule has 0 radical (unpaired) electrons. The van der Waals surface area contributed by atoms with Gasteiger partial charge in [0.1, 0.15) is 13.2 Å². The van der Waals surface area contributed by atoms with Gasteiger partial charge < -0.3 is 14.2 Å². The molecule has 0 aromatic carbocycles. The molecule has 82 heavy (non-hydrogen) atoms. The van der Waals surface area contributed by atoms with Crippen molar-refractivity contribution < 1.29 is 28.6 Å². The van der Waals surface area contributed by atoms with Gasteiger partial charge in [0.25, 0.3) is 0 Å². The lowest BCUT2D eigenvalue weighted by Gasteiger charge is -2.18. The fourth-order valence-corrected chi connectivity index (χ4v) is 12.2. The van der Waals surface area contributed by atoms with Gasteiger partial charge in [-0.3, -0.25) is 14.4 Å². The molecule has 0 aliphatic rings.